The first-order chi connectivity index (χ1) is 5.72. The highest BCUT2D eigenvalue weighted by Gasteiger charge is 2.15. The molecule has 0 aliphatic heterocycles. The number of aliphatic carboxylic acids is 1. The Balaban J connectivity index is 3.56. The minimum absolute atomic E-state index is 0.384. The van der Waals surface area contributed by atoms with E-state index in [9.17, 15) is 4.79 Å². The predicted molar refractivity (Wildman–Crippen MR) is 49.4 cm³/mol. The first-order valence-electron chi connectivity index (χ1n) is 3.75. The van der Waals surface area contributed by atoms with Crippen LogP contribution in [0.2, 0.25) is 0 Å². The van der Waals surface area contributed by atoms with Gasteiger partial charge in [-0.05, 0) is 13.0 Å². The van der Waals surface area contributed by atoms with Crippen molar-refractivity contribution in [2.75, 3.05) is 26.0 Å². The first-order valence-corrected chi connectivity index (χ1v) is 4.80. The van der Waals surface area contributed by atoms with Gasteiger partial charge in [0, 0.05) is 12.9 Å². The molecule has 0 heterocycles. The van der Waals surface area contributed by atoms with Crippen LogP contribution in [-0.2, 0) is 9.53 Å². The summed E-state index contributed by atoms with van der Waals surface area (Å²) in [7, 11) is 1.60. The van der Waals surface area contributed by atoms with Crippen LogP contribution in [-0.4, -0.2) is 42.3 Å². The molecular weight excluding hydrogens is 178 g/mol. The number of thioether (sulfide) groups is 1. The van der Waals surface area contributed by atoms with Crippen molar-refractivity contribution in [1.29, 1.82) is 0 Å². The van der Waals surface area contributed by atoms with Gasteiger partial charge in [0.15, 0.2) is 0 Å². The summed E-state index contributed by atoms with van der Waals surface area (Å²) in [6, 6.07) is 0. The van der Waals surface area contributed by atoms with E-state index in [4.69, 9.17) is 15.6 Å². The number of hydrogen-bond donors (Lipinski definition) is 2. The Hall–Kier alpha value is -0.260. The van der Waals surface area contributed by atoms with Crippen molar-refractivity contribution in [3.8, 4) is 0 Å². The second-order valence-electron chi connectivity index (χ2n) is 2.27. The molecule has 1 unspecified atom stereocenters. The molecule has 3 N–H and O–H groups in total. The van der Waals surface area contributed by atoms with Crippen molar-refractivity contribution < 1.29 is 14.6 Å². The molecule has 0 aliphatic rings. The third-order valence-corrected chi connectivity index (χ3v) is 2.55. The summed E-state index contributed by atoms with van der Waals surface area (Å²) >= 11 is 1.37. The molecule has 0 aromatic carbocycles. The largest absolute Gasteiger partial charge is 0.480 e. The summed E-state index contributed by atoms with van der Waals surface area (Å²) in [4.78, 5) is 10.6. The van der Waals surface area contributed by atoms with E-state index in [1.807, 2.05) is 0 Å². The molecule has 0 amide bonds. The summed E-state index contributed by atoms with van der Waals surface area (Å²) in [6.45, 7) is 0.996. The Morgan fingerprint density at radius 1 is 1.75 bits per heavy atom. The first kappa shape index (κ1) is 11.7. The van der Waals surface area contributed by atoms with Gasteiger partial charge in [0.2, 0.25) is 0 Å². The smallest absolute Gasteiger partial charge is 0.316 e. The zero-order valence-electron chi connectivity index (χ0n) is 7.16. The molecule has 5 heteroatoms. The predicted octanol–water partition coefficient (Wildman–Crippen LogP) is 0.168. The molecule has 72 valence electrons. The summed E-state index contributed by atoms with van der Waals surface area (Å²) in [5.74, 6) is -0.0884. The van der Waals surface area contributed by atoms with Gasteiger partial charge in [-0.2, -0.15) is 0 Å². The highest BCUT2D eigenvalue weighted by atomic mass is 32.2. The van der Waals surface area contributed by atoms with Gasteiger partial charge in [-0.15, -0.1) is 11.8 Å². The number of nitrogens with two attached hydrogens (primary N) is 1. The number of carboxylic acid groups (broad SMARTS) is 1. The number of hydrogen-bond acceptors (Lipinski definition) is 4. The zero-order chi connectivity index (χ0) is 9.40. The topological polar surface area (TPSA) is 72.5 Å². The van der Waals surface area contributed by atoms with Crippen LogP contribution in [0.25, 0.3) is 0 Å². The van der Waals surface area contributed by atoms with Crippen LogP contribution in [0, 0.1) is 0 Å². The molecule has 0 fully saturated rings. The molecule has 0 saturated carbocycles. The third kappa shape index (κ3) is 5.40. The molecule has 0 aromatic heterocycles. The van der Waals surface area contributed by atoms with E-state index in [1.165, 1.54) is 11.8 Å². The number of methoxy groups -OCH3 is 1. The van der Waals surface area contributed by atoms with Gasteiger partial charge < -0.3 is 15.6 Å². The number of carbonyl (C=O) groups is 1. The number of rotatable bonds is 7. The van der Waals surface area contributed by atoms with Gasteiger partial charge in [0.05, 0.1) is 6.61 Å². The van der Waals surface area contributed by atoms with Crippen LogP contribution in [0.1, 0.15) is 6.42 Å². The molecule has 0 radical (unpaired) electrons. The Kier molecular flexibility index (Phi) is 7.23. The minimum Gasteiger partial charge on any atom is -0.480 e. The van der Waals surface area contributed by atoms with E-state index in [-0.39, 0.29) is 5.25 Å². The second-order valence-corrected chi connectivity index (χ2v) is 3.58. The fraction of sp³-hybridized carbons (Fsp3) is 0.857. The van der Waals surface area contributed by atoms with Crippen molar-refractivity contribution in [2.45, 2.75) is 11.7 Å². The molecule has 12 heavy (non-hydrogen) atoms. The maximum atomic E-state index is 10.6. The summed E-state index contributed by atoms with van der Waals surface area (Å²) < 4.78 is 4.81. The Labute approximate surface area is 76.5 Å². The van der Waals surface area contributed by atoms with E-state index in [1.54, 1.807) is 7.11 Å². The molecule has 0 rings (SSSR count). The van der Waals surface area contributed by atoms with Crippen LogP contribution >= 0.6 is 11.8 Å². The molecule has 0 aromatic rings. The average Bonchev–Trinajstić information content (AvgIpc) is 2.03. The summed E-state index contributed by atoms with van der Waals surface area (Å²) in [6.07, 6.45) is 0.518. The van der Waals surface area contributed by atoms with Gasteiger partial charge in [0.1, 0.15) is 5.25 Å². The monoisotopic (exact) mass is 193 g/mol. The van der Waals surface area contributed by atoms with E-state index in [0.717, 1.165) is 0 Å². The zero-order valence-corrected chi connectivity index (χ0v) is 7.97. The summed E-state index contributed by atoms with van der Waals surface area (Å²) in [5.41, 5.74) is 5.26. The second kappa shape index (κ2) is 7.39. The molecule has 1 atom stereocenters. The van der Waals surface area contributed by atoms with Crippen molar-refractivity contribution in [2.24, 2.45) is 5.73 Å². The quantitative estimate of drug-likeness (QED) is 0.564. The van der Waals surface area contributed by atoms with Crippen molar-refractivity contribution >= 4 is 17.7 Å². The van der Waals surface area contributed by atoms with Crippen LogP contribution in [0.5, 0.6) is 0 Å². The molecule has 0 spiro atoms. The SMILES string of the molecule is COCCSC(CCN)C(=O)O. The van der Waals surface area contributed by atoms with E-state index in [2.05, 4.69) is 0 Å². The standard InChI is InChI=1S/C7H15NO3S/c1-11-4-5-12-6(2-3-8)7(9)10/h6H,2-5,8H2,1H3,(H,9,10). The number of carboxylic acids is 1. The van der Waals surface area contributed by atoms with Crippen LogP contribution < -0.4 is 5.73 Å². The lowest BCUT2D eigenvalue weighted by molar-refractivity contribution is -0.136. The van der Waals surface area contributed by atoms with Gasteiger partial charge in [-0.1, -0.05) is 0 Å². The molecule has 0 saturated heterocycles. The lowest BCUT2D eigenvalue weighted by Crippen LogP contribution is -2.21. The average molecular weight is 193 g/mol. The van der Waals surface area contributed by atoms with Crippen LogP contribution in [0.4, 0.5) is 0 Å². The fourth-order valence-corrected chi connectivity index (χ4v) is 1.70. The van der Waals surface area contributed by atoms with E-state index < -0.39 is 5.97 Å². The highest BCUT2D eigenvalue weighted by molar-refractivity contribution is 8.00. The van der Waals surface area contributed by atoms with Gasteiger partial charge >= 0.3 is 5.97 Å². The van der Waals surface area contributed by atoms with Gasteiger partial charge in [0.25, 0.3) is 0 Å². The Morgan fingerprint density at radius 3 is 2.83 bits per heavy atom. The Morgan fingerprint density at radius 2 is 2.42 bits per heavy atom. The lowest BCUT2D eigenvalue weighted by atomic mass is 10.3. The molecule has 0 aliphatic carbocycles. The lowest BCUT2D eigenvalue weighted by Gasteiger charge is -2.09. The molecular formula is C7H15NO3S. The minimum atomic E-state index is -0.790. The fourth-order valence-electron chi connectivity index (χ4n) is 0.703. The molecule has 0 bridgehead atoms. The third-order valence-electron chi connectivity index (χ3n) is 1.31. The van der Waals surface area contributed by atoms with Crippen LogP contribution in [0.3, 0.4) is 0 Å². The highest BCUT2D eigenvalue weighted by Crippen LogP contribution is 2.13. The van der Waals surface area contributed by atoms with Crippen LogP contribution in [0.15, 0.2) is 0 Å². The van der Waals surface area contributed by atoms with Gasteiger partial charge in [-0.3, -0.25) is 4.79 Å². The van der Waals surface area contributed by atoms with Crippen molar-refractivity contribution in [3.63, 3.8) is 0 Å². The molecule has 4 nitrogen and oxygen atoms in total. The normalized spacial score (nSPS) is 12.8. The van der Waals surface area contributed by atoms with Crippen molar-refractivity contribution in [1.82, 2.24) is 0 Å². The number of ether oxygens (including phenoxy) is 1. The van der Waals surface area contributed by atoms with E-state index in [0.29, 0.717) is 25.3 Å². The van der Waals surface area contributed by atoms with E-state index >= 15 is 0 Å². The maximum Gasteiger partial charge on any atom is 0.316 e. The van der Waals surface area contributed by atoms with Gasteiger partial charge in [-0.25, -0.2) is 0 Å². The Bertz CT molecular complexity index is 132. The van der Waals surface area contributed by atoms with Crippen molar-refractivity contribution in [3.05, 3.63) is 0 Å². The summed E-state index contributed by atoms with van der Waals surface area (Å²) in [5, 5.41) is 8.30. The maximum absolute atomic E-state index is 10.6.